The maximum atomic E-state index is 12.5. The van der Waals surface area contributed by atoms with Crippen molar-refractivity contribution in [3.05, 3.63) is 42.2 Å². The van der Waals surface area contributed by atoms with Crippen molar-refractivity contribution in [3.8, 4) is 11.8 Å². The van der Waals surface area contributed by atoms with Crippen molar-refractivity contribution in [3.63, 3.8) is 0 Å². The monoisotopic (exact) mass is 355 g/mol. The van der Waals surface area contributed by atoms with Crippen LogP contribution in [0.3, 0.4) is 0 Å². The average molecular weight is 355 g/mol. The molecule has 2 N–H and O–H groups in total. The summed E-state index contributed by atoms with van der Waals surface area (Å²) in [4.78, 5) is 31.5. The van der Waals surface area contributed by atoms with Gasteiger partial charge in [-0.1, -0.05) is 0 Å². The minimum absolute atomic E-state index is 0.0583. The van der Waals surface area contributed by atoms with Crippen molar-refractivity contribution >= 4 is 17.6 Å². The summed E-state index contributed by atoms with van der Waals surface area (Å²) in [6.45, 7) is 1.88. The number of hydrogen-bond donors (Lipinski definition) is 2. The average Bonchev–Trinajstić information content (AvgIpc) is 2.65. The van der Waals surface area contributed by atoms with Crippen molar-refractivity contribution in [2.75, 3.05) is 5.32 Å². The Labute approximate surface area is 151 Å². The Kier molecular flexibility index (Phi) is 5.46. The fourth-order valence-corrected chi connectivity index (χ4v) is 3.12. The molecular formula is C19H21N3O4. The molecule has 7 heteroatoms. The van der Waals surface area contributed by atoms with Crippen LogP contribution in [0.5, 0.6) is 11.8 Å². The zero-order valence-corrected chi connectivity index (χ0v) is 14.5. The molecule has 1 heterocycles. The summed E-state index contributed by atoms with van der Waals surface area (Å²) in [7, 11) is 0. The minimum atomic E-state index is -0.766. The van der Waals surface area contributed by atoms with Crippen LogP contribution in [0.1, 0.15) is 31.2 Å². The van der Waals surface area contributed by atoms with E-state index >= 15 is 0 Å². The molecule has 0 aliphatic heterocycles. The predicted octanol–water partition coefficient (Wildman–Crippen LogP) is 3.41. The number of nitrogens with one attached hydrogen (secondary N) is 1. The van der Waals surface area contributed by atoms with Crippen molar-refractivity contribution < 1.29 is 19.4 Å². The van der Waals surface area contributed by atoms with Gasteiger partial charge in [-0.15, -0.1) is 0 Å². The maximum absolute atomic E-state index is 12.5. The van der Waals surface area contributed by atoms with Crippen LogP contribution in [-0.4, -0.2) is 27.0 Å². The molecule has 1 amide bonds. The third-order valence-corrected chi connectivity index (χ3v) is 4.65. The smallest absolute Gasteiger partial charge is 0.321 e. The molecule has 7 nitrogen and oxygen atoms in total. The van der Waals surface area contributed by atoms with Crippen LogP contribution < -0.4 is 10.1 Å². The van der Waals surface area contributed by atoms with Crippen LogP contribution in [0.2, 0.25) is 0 Å². The fraction of sp³-hybridized carbons (Fsp3) is 0.368. The standard InChI is InChI=1S/C19H21N3O4/c1-12-11-15(26-19-20-9-2-10-21-19)7-8-16(12)22-17(23)13-3-5-14(6-4-13)18(24)25/h2,7-11,13-14H,3-6H2,1H3,(H,22,23)(H,24,25). The van der Waals surface area contributed by atoms with Crippen LogP contribution in [0.4, 0.5) is 5.69 Å². The van der Waals surface area contributed by atoms with Crippen LogP contribution in [0.25, 0.3) is 0 Å². The molecule has 1 aromatic heterocycles. The van der Waals surface area contributed by atoms with E-state index in [1.165, 1.54) is 0 Å². The molecule has 0 atom stereocenters. The third kappa shape index (κ3) is 4.36. The highest BCUT2D eigenvalue weighted by Crippen LogP contribution is 2.31. The van der Waals surface area contributed by atoms with Gasteiger partial charge in [0.2, 0.25) is 5.91 Å². The van der Waals surface area contributed by atoms with E-state index < -0.39 is 5.97 Å². The molecule has 0 bridgehead atoms. The molecule has 3 rings (SSSR count). The van der Waals surface area contributed by atoms with Crippen molar-refractivity contribution in [1.82, 2.24) is 9.97 Å². The highest BCUT2D eigenvalue weighted by Gasteiger charge is 2.29. The van der Waals surface area contributed by atoms with E-state index in [0.29, 0.717) is 31.4 Å². The van der Waals surface area contributed by atoms with Gasteiger partial charge in [0.05, 0.1) is 5.92 Å². The van der Waals surface area contributed by atoms with Gasteiger partial charge in [-0.2, -0.15) is 0 Å². The van der Waals surface area contributed by atoms with E-state index in [1.54, 1.807) is 30.6 Å². The van der Waals surface area contributed by atoms with Gasteiger partial charge in [0, 0.05) is 24.0 Å². The zero-order chi connectivity index (χ0) is 18.5. The fourth-order valence-electron chi connectivity index (χ4n) is 3.12. The highest BCUT2D eigenvalue weighted by atomic mass is 16.5. The summed E-state index contributed by atoms with van der Waals surface area (Å²) in [6.07, 6.45) is 5.51. The van der Waals surface area contributed by atoms with E-state index in [4.69, 9.17) is 9.84 Å². The number of anilines is 1. The molecular weight excluding hydrogens is 334 g/mol. The number of carbonyl (C=O) groups excluding carboxylic acids is 1. The highest BCUT2D eigenvalue weighted by molar-refractivity contribution is 5.93. The number of rotatable bonds is 5. The number of aryl methyl sites for hydroxylation is 1. The van der Waals surface area contributed by atoms with Gasteiger partial charge < -0.3 is 15.2 Å². The molecule has 0 saturated heterocycles. The maximum Gasteiger partial charge on any atom is 0.321 e. The van der Waals surface area contributed by atoms with Gasteiger partial charge in [0.25, 0.3) is 0 Å². The third-order valence-electron chi connectivity index (χ3n) is 4.65. The van der Waals surface area contributed by atoms with Crippen LogP contribution in [0.15, 0.2) is 36.7 Å². The van der Waals surface area contributed by atoms with Crippen molar-refractivity contribution in [2.45, 2.75) is 32.6 Å². The molecule has 0 spiro atoms. The molecule has 136 valence electrons. The summed E-state index contributed by atoms with van der Waals surface area (Å²) in [5, 5.41) is 12.0. The molecule has 1 aromatic carbocycles. The number of carboxylic acid groups (broad SMARTS) is 1. The summed E-state index contributed by atoms with van der Waals surface area (Å²) >= 11 is 0. The Hall–Kier alpha value is -2.96. The Morgan fingerprint density at radius 3 is 2.38 bits per heavy atom. The van der Waals surface area contributed by atoms with Gasteiger partial charge in [-0.3, -0.25) is 9.59 Å². The number of carbonyl (C=O) groups is 2. The first-order chi connectivity index (χ1) is 12.5. The lowest BCUT2D eigenvalue weighted by Crippen LogP contribution is -2.29. The largest absolute Gasteiger partial charge is 0.481 e. The SMILES string of the molecule is Cc1cc(Oc2ncccn2)ccc1NC(=O)C1CCC(C(=O)O)CC1. The Balaban J connectivity index is 1.60. The lowest BCUT2D eigenvalue weighted by atomic mass is 9.81. The molecule has 0 radical (unpaired) electrons. The Bertz CT molecular complexity index is 787. The number of nitrogens with zero attached hydrogens (tertiary/aromatic N) is 2. The van der Waals surface area contributed by atoms with Crippen molar-refractivity contribution in [2.24, 2.45) is 11.8 Å². The van der Waals surface area contributed by atoms with Crippen LogP contribution >= 0.6 is 0 Å². The van der Waals surface area contributed by atoms with E-state index in [1.807, 2.05) is 13.0 Å². The normalized spacial score (nSPS) is 19.6. The second kappa shape index (κ2) is 7.95. The van der Waals surface area contributed by atoms with E-state index in [-0.39, 0.29) is 23.8 Å². The molecule has 26 heavy (non-hydrogen) atoms. The number of ether oxygens (including phenoxy) is 1. The number of aromatic nitrogens is 2. The number of aliphatic carboxylic acids is 1. The molecule has 1 aliphatic rings. The number of amides is 1. The van der Waals surface area contributed by atoms with Crippen LogP contribution in [-0.2, 0) is 9.59 Å². The van der Waals surface area contributed by atoms with Crippen LogP contribution in [0, 0.1) is 18.8 Å². The Morgan fingerprint density at radius 1 is 1.12 bits per heavy atom. The molecule has 1 saturated carbocycles. The van der Waals surface area contributed by atoms with Gasteiger partial charge in [0.15, 0.2) is 0 Å². The second-order valence-corrected chi connectivity index (χ2v) is 6.49. The van der Waals surface area contributed by atoms with E-state index in [2.05, 4.69) is 15.3 Å². The van der Waals surface area contributed by atoms with Gasteiger partial charge in [-0.05, 0) is 62.4 Å². The zero-order valence-electron chi connectivity index (χ0n) is 14.5. The Morgan fingerprint density at radius 2 is 1.77 bits per heavy atom. The quantitative estimate of drug-likeness (QED) is 0.852. The first-order valence-electron chi connectivity index (χ1n) is 8.62. The van der Waals surface area contributed by atoms with E-state index in [0.717, 1.165) is 11.3 Å². The summed E-state index contributed by atoms with van der Waals surface area (Å²) < 4.78 is 5.58. The lowest BCUT2D eigenvalue weighted by Gasteiger charge is -2.25. The second-order valence-electron chi connectivity index (χ2n) is 6.49. The van der Waals surface area contributed by atoms with E-state index in [9.17, 15) is 9.59 Å². The minimum Gasteiger partial charge on any atom is -0.481 e. The molecule has 2 aromatic rings. The van der Waals surface area contributed by atoms with Gasteiger partial charge in [-0.25, -0.2) is 9.97 Å². The van der Waals surface area contributed by atoms with Gasteiger partial charge in [0.1, 0.15) is 5.75 Å². The molecule has 1 fully saturated rings. The predicted molar refractivity (Wildman–Crippen MR) is 95.0 cm³/mol. The van der Waals surface area contributed by atoms with Gasteiger partial charge >= 0.3 is 12.0 Å². The first-order valence-corrected chi connectivity index (χ1v) is 8.62. The molecule has 1 aliphatic carbocycles. The number of hydrogen-bond acceptors (Lipinski definition) is 5. The number of benzene rings is 1. The number of carboxylic acids is 1. The molecule has 0 unspecified atom stereocenters. The first kappa shape index (κ1) is 17.8. The summed E-state index contributed by atoms with van der Waals surface area (Å²) in [5.74, 6) is -0.695. The summed E-state index contributed by atoms with van der Waals surface area (Å²) in [5.41, 5.74) is 1.59. The summed E-state index contributed by atoms with van der Waals surface area (Å²) in [6, 6.07) is 7.32. The lowest BCUT2D eigenvalue weighted by molar-refractivity contribution is -0.143. The topological polar surface area (TPSA) is 101 Å². The van der Waals surface area contributed by atoms with Crippen molar-refractivity contribution in [1.29, 1.82) is 0 Å².